The number of pyridine rings is 1. The number of nitrogens with one attached hydrogen (secondary N) is 1. The van der Waals surface area contributed by atoms with Gasteiger partial charge in [-0.3, -0.25) is 9.48 Å². The second kappa shape index (κ2) is 10.7. The highest BCUT2D eigenvalue weighted by Gasteiger charge is 2.40. The number of anilines is 1. The number of carbonyl (C=O) groups excluding carboxylic acids is 1. The van der Waals surface area contributed by atoms with E-state index in [1.807, 2.05) is 0 Å². The number of amides is 1. The summed E-state index contributed by atoms with van der Waals surface area (Å²) in [5, 5.41) is 6.81. The van der Waals surface area contributed by atoms with Crippen LogP contribution in [0.15, 0.2) is 30.5 Å². The van der Waals surface area contributed by atoms with Crippen molar-refractivity contribution >= 4 is 11.6 Å². The fourth-order valence-corrected chi connectivity index (χ4v) is 5.18. The molecular formula is C27H29F4N5O3. The molecule has 8 nitrogen and oxygen atoms in total. The van der Waals surface area contributed by atoms with Crippen LogP contribution < -0.4 is 11.1 Å². The molecule has 3 heterocycles. The molecule has 2 aromatic heterocycles. The second-order valence-electron chi connectivity index (χ2n) is 9.99. The number of halogens is 4. The molecule has 2 aliphatic rings. The molecule has 1 aromatic carbocycles. The first-order valence-corrected chi connectivity index (χ1v) is 12.7. The fourth-order valence-electron chi connectivity index (χ4n) is 5.18. The van der Waals surface area contributed by atoms with Crippen molar-refractivity contribution in [2.75, 3.05) is 19.0 Å². The zero-order valence-electron chi connectivity index (χ0n) is 21.5. The number of alkyl halides is 1. The van der Waals surface area contributed by atoms with Gasteiger partial charge in [0, 0.05) is 20.2 Å². The van der Waals surface area contributed by atoms with Crippen LogP contribution in [0.2, 0.25) is 0 Å². The quantitative estimate of drug-likeness (QED) is 0.434. The summed E-state index contributed by atoms with van der Waals surface area (Å²) in [6.45, 7) is -0.200. The van der Waals surface area contributed by atoms with Gasteiger partial charge in [-0.1, -0.05) is 0 Å². The Labute approximate surface area is 222 Å². The summed E-state index contributed by atoms with van der Waals surface area (Å²) >= 11 is 0. The summed E-state index contributed by atoms with van der Waals surface area (Å²) in [4.78, 5) is 17.1. The number of hydrogen-bond acceptors (Lipinski definition) is 6. The Morgan fingerprint density at radius 2 is 1.90 bits per heavy atom. The molecule has 1 aliphatic heterocycles. The van der Waals surface area contributed by atoms with Crippen molar-refractivity contribution in [3.8, 4) is 11.3 Å². The van der Waals surface area contributed by atoms with E-state index in [-0.39, 0.29) is 18.0 Å². The topological polar surface area (TPSA) is 104 Å². The van der Waals surface area contributed by atoms with Crippen LogP contribution in [0.4, 0.5) is 23.2 Å². The first kappa shape index (κ1) is 27.2. The predicted octanol–water partition coefficient (Wildman–Crippen LogP) is 4.69. The molecule has 3 atom stereocenters. The van der Waals surface area contributed by atoms with Gasteiger partial charge in [-0.25, -0.2) is 22.5 Å². The number of hydrogen-bond donors (Lipinski definition) is 2. The van der Waals surface area contributed by atoms with Crippen LogP contribution in [0.3, 0.4) is 0 Å². The van der Waals surface area contributed by atoms with Gasteiger partial charge in [0.05, 0.1) is 35.3 Å². The lowest BCUT2D eigenvalue weighted by Crippen LogP contribution is -2.36. The average Bonchev–Trinajstić information content (AvgIpc) is 3.14. The van der Waals surface area contributed by atoms with Crippen molar-refractivity contribution in [2.45, 2.75) is 56.0 Å². The van der Waals surface area contributed by atoms with E-state index in [4.69, 9.17) is 15.2 Å². The van der Waals surface area contributed by atoms with Gasteiger partial charge in [0.1, 0.15) is 41.1 Å². The van der Waals surface area contributed by atoms with E-state index in [0.29, 0.717) is 36.9 Å². The maximum Gasteiger partial charge on any atom is 0.274 e. The maximum absolute atomic E-state index is 15.2. The molecule has 0 unspecified atom stereocenters. The van der Waals surface area contributed by atoms with Crippen molar-refractivity contribution in [3.05, 3.63) is 64.9 Å². The lowest BCUT2D eigenvalue weighted by atomic mass is 9.74. The summed E-state index contributed by atoms with van der Waals surface area (Å²) < 4.78 is 71.8. The molecule has 3 N–H and O–H groups in total. The maximum atomic E-state index is 15.2. The lowest BCUT2D eigenvalue weighted by molar-refractivity contribution is -0.0782. The van der Waals surface area contributed by atoms with E-state index < -0.39 is 58.5 Å². The third kappa shape index (κ3) is 5.04. The Balaban J connectivity index is 1.42. The molecule has 1 aliphatic carbocycles. The number of carbonyl (C=O) groups is 1. The van der Waals surface area contributed by atoms with E-state index >= 15 is 8.78 Å². The molecule has 3 aromatic rings. The number of rotatable bonds is 6. The highest BCUT2D eigenvalue weighted by atomic mass is 19.1. The van der Waals surface area contributed by atoms with Crippen molar-refractivity contribution in [3.63, 3.8) is 0 Å². The van der Waals surface area contributed by atoms with Gasteiger partial charge in [-0.15, -0.1) is 0 Å². The largest absolute Gasteiger partial charge is 0.374 e. The van der Waals surface area contributed by atoms with Crippen LogP contribution in [0.5, 0.6) is 0 Å². The van der Waals surface area contributed by atoms with Gasteiger partial charge in [0.25, 0.3) is 5.91 Å². The molecule has 0 spiro atoms. The van der Waals surface area contributed by atoms with E-state index in [1.54, 1.807) is 7.05 Å². The minimum absolute atomic E-state index is 0.200. The summed E-state index contributed by atoms with van der Waals surface area (Å²) in [5.41, 5.74) is 4.56. The number of aryl methyl sites for hydroxylation is 1. The Hall–Kier alpha value is -3.35. The van der Waals surface area contributed by atoms with Crippen LogP contribution in [-0.2, 0) is 22.1 Å². The lowest BCUT2D eigenvalue weighted by Gasteiger charge is -2.41. The molecule has 208 valence electrons. The van der Waals surface area contributed by atoms with E-state index in [0.717, 1.165) is 30.7 Å². The molecule has 0 bridgehead atoms. The van der Waals surface area contributed by atoms with Crippen LogP contribution in [0.25, 0.3) is 11.3 Å². The molecule has 1 amide bonds. The summed E-state index contributed by atoms with van der Waals surface area (Å²) in [7, 11) is 3.13. The number of ether oxygens (including phenoxy) is 2. The Kier molecular flexibility index (Phi) is 7.45. The first-order chi connectivity index (χ1) is 18.6. The first-order valence-electron chi connectivity index (χ1n) is 12.7. The highest BCUT2D eigenvalue weighted by molar-refractivity contribution is 6.03. The predicted molar refractivity (Wildman–Crippen MR) is 134 cm³/mol. The third-order valence-electron chi connectivity index (χ3n) is 7.66. The van der Waals surface area contributed by atoms with Crippen molar-refractivity contribution in [1.29, 1.82) is 0 Å². The van der Waals surface area contributed by atoms with E-state index in [9.17, 15) is 13.6 Å². The summed E-state index contributed by atoms with van der Waals surface area (Å²) in [6, 6.07) is 3.62. The van der Waals surface area contributed by atoms with E-state index in [1.165, 1.54) is 18.0 Å². The molecule has 39 heavy (non-hydrogen) atoms. The minimum atomic E-state index is -1.31. The number of benzene rings is 1. The van der Waals surface area contributed by atoms with Gasteiger partial charge >= 0.3 is 0 Å². The Morgan fingerprint density at radius 3 is 2.54 bits per heavy atom. The highest BCUT2D eigenvalue weighted by Crippen LogP contribution is 2.45. The van der Waals surface area contributed by atoms with E-state index in [2.05, 4.69) is 15.4 Å². The molecular weight excluding hydrogens is 518 g/mol. The van der Waals surface area contributed by atoms with Crippen molar-refractivity contribution in [1.82, 2.24) is 14.8 Å². The molecule has 5 rings (SSSR count). The van der Waals surface area contributed by atoms with Crippen molar-refractivity contribution < 1.29 is 31.8 Å². The van der Waals surface area contributed by atoms with Gasteiger partial charge < -0.3 is 20.5 Å². The van der Waals surface area contributed by atoms with Gasteiger partial charge in [0.15, 0.2) is 0 Å². The fraction of sp³-hybridized carbons (Fsp3) is 0.444. The van der Waals surface area contributed by atoms with Crippen LogP contribution in [-0.4, -0.2) is 46.6 Å². The number of aromatic nitrogens is 3. The second-order valence-corrected chi connectivity index (χ2v) is 9.99. The number of methoxy groups -OCH3 is 1. The minimum Gasteiger partial charge on any atom is -0.374 e. The summed E-state index contributed by atoms with van der Waals surface area (Å²) in [6.07, 6.45) is 2.37. The van der Waals surface area contributed by atoms with Crippen LogP contribution in [0.1, 0.15) is 60.0 Å². The number of nitrogens with zero attached hydrogens (tertiary/aromatic N) is 3. The SMILES string of the molecule is COC1(c2cc(F)c(-c3nc(C(=O)Nc4cnn(C)c4[C@@H]4CC[C@@H](N)[C@H](F)CO4)ccc3F)c(F)c2)CCC1. The van der Waals surface area contributed by atoms with Crippen molar-refractivity contribution in [2.24, 2.45) is 12.8 Å². The summed E-state index contributed by atoms with van der Waals surface area (Å²) in [5.74, 6) is -3.78. The average molecular weight is 548 g/mol. The van der Waals surface area contributed by atoms with Gasteiger partial charge in [0.2, 0.25) is 0 Å². The van der Waals surface area contributed by atoms with Crippen LogP contribution >= 0.6 is 0 Å². The van der Waals surface area contributed by atoms with Gasteiger partial charge in [-0.2, -0.15) is 5.10 Å². The molecule has 0 radical (unpaired) electrons. The monoisotopic (exact) mass is 547 g/mol. The molecule has 1 saturated heterocycles. The van der Waals surface area contributed by atoms with Gasteiger partial charge in [-0.05, 0) is 61.9 Å². The molecule has 12 heteroatoms. The molecule has 1 saturated carbocycles. The Bertz CT molecular complexity index is 1350. The normalized spacial score (nSPS) is 22.7. The number of nitrogens with two attached hydrogens (primary N) is 1. The zero-order valence-corrected chi connectivity index (χ0v) is 21.5. The third-order valence-corrected chi connectivity index (χ3v) is 7.66. The zero-order chi connectivity index (χ0) is 27.9. The smallest absolute Gasteiger partial charge is 0.274 e. The molecule has 2 fully saturated rings. The Morgan fingerprint density at radius 1 is 1.18 bits per heavy atom. The standard InChI is InChI=1S/C27H29F4N5O3/c1-36-25(22-7-5-19(32)18(31)13-39-22)21(12-33-36)35-26(37)20-6-4-15(28)24(34-20)23-16(29)10-14(11-17(23)30)27(38-2)8-3-9-27/h4,6,10-12,18-19,22H,3,5,7-9,13,32H2,1-2H3,(H,35,37)/t18-,19-,22+/m1/s1. The van der Waals surface area contributed by atoms with Crippen LogP contribution in [0, 0.1) is 17.5 Å².